The molecule has 0 bridgehead atoms. The molecule has 0 aromatic rings. The minimum absolute atomic E-state index is 0.0687. The van der Waals surface area contributed by atoms with Gasteiger partial charge >= 0.3 is 5.97 Å². The van der Waals surface area contributed by atoms with Crippen LogP contribution in [0.5, 0.6) is 0 Å². The van der Waals surface area contributed by atoms with Gasteiger partial charge in [-0.3, -0.25) is 4.79 Å². The molecule has 1 fully saturated rings. The topological polar surface area (TPSA) is 63.6 Å². The Kier molecular flexibility index (Phi) is 3.94. The number of esters is 1. The Morgan fingerprint density at radius 3 is 3.00 bits per heavy atom. The molecule has 0 spiro atoms. The van der Waals surface area contributed by atoms with E-state index in [-0.39, 0.29) is 18.0 Å². The highest BCUT2D eigenvalue weighted by Gasteiger charge is 2.43. The predicted molar refractivity (Wildman–Crippen MR) is 61.2 cm³/mol. The van der Waals surface area contributed by atoms with Crippen LogP contribution < -0.4 is 0 Å². The van der Waals surface area contributed by atoms with Crippen LogP contribution in [-0.2, 0) is 14.3 Å². The Bertz CT molecular complexity index is 323. The molecule has 4 heteroatoms. The number of aliphatic hydroxyl groups is 1. The Morgan fingerprint density at radius 2 is 2.24 bits per heavy atom. The molecule has 2 rings (SSSR count). The Labute approximate surface area is 101 Å². The maximum Gasteiger partial charge on any atom is 0.306 e. The lowest BCUT2D eigenvalue weighted by Gasteiger charge is -2.21. The number of carbonyl (C=O) groups excluding carboxylic acids is 2. The van der Waals surface area contributed by atoms with Crippen molar-refractivity contribution in [1.29, 1.82) is 0 Å². The molecule has 2 aliphatic rings. The SMILES string of the molecule is O=CC1C(O)CC2OC(=O)CCCC=CCC21. The highest BCUT2D eigenvalue weighted by molar-refractivity contribution is 5.69. The van der Waals surface area contributed by atoms with Crippen molar-refractivity contribution in [1.82, 2.24) is 0 Å². The van der Waals surface area contributed by atoms with Crippen LogP contribution in [0.1, 0.15) is 32.1 Å². The lowest BCUT2D eigenvalue weighted by molar-refractivity contribution is -0.151. The number of carbonyl (C=O) groups is 2. The molecule has 0 radical (unpaired) electrons. The van der Waals surface area contributed by atoms with E-state index in [9.17, 15) is 14.7 Å². The fourth-order valence-electron chi connectivity index (χ4n) is 2.70. The van der Waals surface area contributed by atoms with Gasteiger partial charge in [-0.1, -0.05) is 12.2 Å². The lowest BCUT2D eigenvalue weighted by atomic mass is 9.91. The van der Waals surface area contributed by atoms with E-state index in [1.54, 1.807) is 0 Å². The van der Waals surface area contributed by atoms with E-state index >= 15 is 0 Å². The number of aliphatic hydroxyl groups excluding tert-OH is 1. The molecule has 0 aromatic carbocycles. The van der Waals surface area contributed by atoms with Gasteiger partial charge in [-0.05, 0) is 19.3 Å². The van der Waals surface area contributed by atoms with E-state index in [0.717, 1.165) is 19.1 Å². The van der Waals surface area contributed by atoms with Crippen molar-refractivity contribution in [3.05, 3.63) is 12.2 Å². The standard InChI is InChI=1S/C13H18O4/c14-8-10-9-5-3-1-2-4-6-13(16)17-12(9)7-11(10)15/h1,3,8-12,15H,2,4-7H2. The summed E-state index contributed by atoms with van der Waals surface area (Å²) in [5.74, 6) is -0.688. The third-order valence-corrected chi connectivity index (χ3v) is 3.66. The third-order valence-electron chi connectivity index (χ3n) is 3.66. The van der Waals surface area contributed by atoms with Gasteiger partial charge in [0, 0.05) is 24.7 Å². The van der Waals surface area contributed by atoms with Crippen molar-refractivity contribution in [2.24, 2.45) is 11.8 Å². The van der Waals surface area contributed by atoms with Crippen LogP contribution in [0.15, 0.2) is 12.2 Å². The van der Waals surface area contributed by atoms with E-state index in [4.69, 9.17) is 4.74 Å². The highest BCUT2D eigenvalue weighted by Crippen LogP contribution is 2.36. The second-order valence-electron chi connectivity index (χ2n) is 4.81. The average Bonchev–Trinajstić information content (AvgIpc) is 2.59. The summed E-state index contributed by atoms with van der Waals surface area (Å²) in [6, 6.07) is 0. The molecule has 4 nitrogen and oxygen atoms in total. The molecular formula is C13H18O4. The van der Waals surface area contributed by atoms with Gasteiger partial charge in [0.15, 0.2) is 0 Å². The third kappa shape index (κ3) is 2.75. The molecule has 1 heterocycles. The first-order valence-corrected chi connectivity index (χ1v) is 6.20. The van der Waals surface area contributed by atoms with Crippen LogP contribution in [-0.4, -0.2) is 29.6 Å². The molecule has 0 amide bonds. The first-order chi connectivity index (χ1) is 8.22. The van der Waals surface area contributed by atoms with Crippen LogP contribution in [0.4, 0.5) is 0 Å². The van der Waals surface area contributed by atoms with Crippen LogP contribution in [0, 0.1) is 11.8 Å². The van der Waals surface area contributed by atoms with Gasteiger partial charge in [-0.2, -0.15) is 0 Å². The fourth-order valence-corrected chi connectivity index (χ4v) is 2.70. The van der Waals surface area contributed by atoms with E-state index in [1.807, 2.05) is 12.2 Å². The van der Waals surface area contributed by atoms with Crippen molar-refractivity contribution in [3.8, 4) is 0 Å². The second kappa shape index (κ2) is 5.45. The van der Waals surface area contributed by atoms with Crippen molar-refractivity contribution in [2.75, 3.05) is 0 Å². The molecular weight excluding hydrogens is 220 g/mol. The van der Waals surface area contributed by atoms with Gasteiger partial charge in [0.25, 0.3) is 0 Å². The fraction of sp³-hybridized carbons (Fsp3) is 0.692. The molecule has 17 heavy (non-hydrogen) atoms. The Balaban J connectivity index is 2.14. The zero-order valence-electron chi connectivity index (χ0n) is 9.75. The number of fused-ring (bicyclic) bond motifs is 1. The number of hydrogen-bond acceptors (Lipinski definition) is 4. The molecule has 1 N–H and O–H groups in total. The van der Waals surface area contributed by atoms with E-state index in [0.29, 0.717) is 19.3 Å². The normalized spacial score (nSPS) is 38.3. The summed E-state index contributed by atoms with van der Waals surface area (Å²) >= 11 is 0. The number of allylic oxidation sites excluding steroid dienone is 2. The van der Waals surface area contributed by atoms with Crippen LogP contribution in [0.2, 0.25) is 0 Å². The van der Waals surface area contributed by atoms with E-state index in [2.05, 4.69) is 0 Å². The summed E-state index contributed by atoms with van der Waals surface area (Å²) in [7, 11) is 0. The number of rotatable bonds is 1. The Hall–Kier alpha value is -1.16. The quantitative estimate of drug-likeness (QED) is 0.424. The maximum absolute atomic E-state index is 11.5. The van der Waals surface area contributed by atoms with Gasteiger partial charge in [0.05, 0.1) is 6.10 Å². The van der Waals surface area contributed by atoms with Crippen molar-refractivity contribution in [2.45, 2.75) is 44.3 Å². The predicted octanol–water partition coefficient (Wildman–Crippen LogP) is 1.22. The summed E-state index contributed by atoms with van der Waals surface area (Å²) in [4.78, 5) is 22.5. The first-order valence-electron chi connectivity index (χ1n) is 6.20. The van der Waals surface area contributed by atoms with Gasteiger partial charge in [-0.25, -0.2) is 0 Å². The number of aldehydes is 1. The zero-order valence-corrected chi connectivity index (χ0v) is 9.75. The summed E-state index contributed by atoms with van der Waals surface area (Å²) in [6.45, 7) is 0. The molecule has 94 valence electrons. The van der Waals surface area contributed by atoms with Crippen molar-refractivity contribution in [3.63, 3.8) is 0 Å². The molecule has 1 aliphatic heterocycles. The molecule has 0 saturated heterocycles. The minimum atomic E-state index is -0.676. The van der Waals surface area contributed by atoms with Crippen molar-refractivity contribution >= 4 is 12.3 Å². The Morgan fingerprint density at radius 1 is 1.41 bits per heavy atom. The maximum atomic E-state index is 11.5. The lowest BCUT2D eigenvalue weighted by Crippen LogP contribution is -2.26. The average molecular weight is 238 g/mol. The van der Waals surface area contributed by atoms with Gasteiger partial charge in [0.2, 0.25) is 0 Å². The second-order valence-corrected chi connectivity index (χ2v) is 4.81. The minimum Gasteiger partial charge on any atom is -0.462 e. The zero-order chi connectivity index (χ0) is 12.3. The smallest absolute Gasteiger partial charge is 0.306 e. The molecule has 0 aromatic heterocycles. The summed E-state index contributed by atoms with van der Waals surface area (Å²) < 4.78 is 5.36. The van der Waals surface area contributed by atoms with Crippen LogP contribution in [0.25, 0.3) is 0 Å². The number of ether oxygens (including phenoxy) is 1. The van der Waals surface area contributed by atoms with E-state index < -0.39 is 12.0 Å². The van der Waals surface area contributed by atoms with Gasteiger partial charge < -0.3 is 14.6 Å². The van der Waals surface area contributed by atoms with Gasteiger partial charge in [-0.15, -0.1) is 0 Å². The van der Waals surface area contributed by atoms with Gasteiger partial charge in [0.1, 0.15) is 12.4 Å². The van der Waals surface area contributed by atoms with E-state index in [1.165, 1.54) is 0 Å². The highest BCUT2D eigenvalue weighted by atomic mass is 16.5. The molecule has 4 unspecified atom stereocenters. The molecule has 4 atom stereocenters. The number of hydrogen-bond donors (Lipinski definition) is 1. The first kappa shape index (κ1) is 12.3. The largest absolute Gasteiger partial charge is 0.462 e. The van der Waals surface area contributed by atoms with Crippen LogP contribution in [0.3, 0.4) is 0 Å². The summed E-state index contributed by atoms with van der Waals surface area (Å²) in [5.41, 5.74) is 0. The van der Waals surface area contributed by atoms with Crippen LogP contribution >= 0.6 is 0 Å². The molecule has 1 aliphatic carbocycles. The molecule has 1 saturated carbocycles. The monoisotopic (exact) mass is 238 g/mol. The summed E-state index contributed by atoms with van der Waals surface area (Å²) in [6.07, 6.45) is 7.03. The van der Waals surface area contributed by atoms with Crippen molar-refractivity contribution < 1.29 is 19.4 Å². The summed E-state index contributed by atoms with van der Waals surface area (Å²) in [5, 5.41) is 9.78.